The highest BCUT2D eigenvalue weighted by Crippen LogP contribution is 2.38. The summed E-state index contributed by atoms with van der Waals surface area (Å²) in [5, 5.41) is 2.15. The van der Waals surface area contributed by atoms with Crippen LogP contribution in [0.3, 0.4) is 0 Å². The molecule has 2 aromatic carbocycles. The molecule has 1 saturated heterocycles. The van der Waals surface area contributed by atoms with Crippen molar-refractivity contribution >= 4 is 30.9 Å². The van der Waals surface area contributed by atoms with Crippen LogP contribution in [-0.4, -0.2) is 33.3 Å². The van der Waals surface area contributed by atoms with Crippen LogP contribution in [0.1, 0.15) is 27.2 Å². The third-order valence-electron chi connectivity index (χ3n) is 5.63. The molecule has 0 bridgehead atoms. The van der Waals surface area contributed by atoms with E-state index in [0.29, 0.717) is 11.9 Å². The minimum absolute atomic E-state index is 0.171. The molecule has 0 unspecified atom stereocenters. The third kappa shape index (κ3) is 4.11. The summed E-state index contributed by atoms with van der Waals surface area (Å²) in [7, 11) is -2.72. The van der Waals surface area contributed by atoms with Gasteiger partial charge in [-0.25, -0.2) is 0 Å². The van der Waals surface area contributed by atoms with Gasteiger partial charge in [0.2, 0.25) is 0 Å². The molecule has 0 aliphatic carbocycles. The van der Waals surface area contributed by atoms with Crippen LogP contribution in [0.2, 0.25) is 5.04 Å². The van der Waals surface area contributed by atoms with Crippen LogP contribution >= 0.6 is 0 Å². The summed E-state index contributed by atoms with van der Waals surface area (Å²) >= 11 is 0. The van der Waals surface area contributed by atoms with E-state index in [9.17, 15) is 9.59 Å². The zero-order chi connectivity index (χ0) is 21.1. The predicted octanol–water partition coefficient (Wildman–Crippen LogP) is 3.25. The molecule has 1 heterocycles. The highest BCUT2D eigenvalue weighted by Gasteiger charge is 2.51. The zero-order valence-corrected chi connectivity index (χ0v) is 18.3. The maximum absolute atomic E-state index is 11.9. The summed E-state index contributed by atoms with van der Waals surface area (Å²) < 4.78 is 12.3. The largest absolute Gasteiger partial charge is 0.459 e. The number of hydrogen-bond donors (Lipinski definition) is 0. The van der Waals surface area contributed by atoms with Crippen LogP contribution in [-0.2, 0) is 18.8 Å². The Morgan fingerprint density at radius 2 is 1.62 bits per heavy atom. The van der Waals surface area contributed by atoms with E-state index in [1.54, 1.807) is 0 Å². The van der Waals surface area contributed by atoms with Crippen molar-refractivity contribution in [3.8, 4) is 0 Å². The molecular weight excluding hydrogens is 380 g/mol. The van der Waals surface area contributed by atoms with Gasteiger partial charge < -0.3 is 9.16 Å². The number of hydrogen-bond acceptors (Lipinski definition) is 4. The summed E-state index contributed by atoms with van der Waals surface area (Å²) in [6.45, 7) is 10.6. The quantitative estimate of drug-likeness (QED) is 0.305. The number of carbonyl (C=O) groups excluding carboxylic acids is 2. The Balaban J connectivity index is 2.03. The van der Waals surface area contributed by atoms with Crippen LogP contribution in [0.25, 0.3) is 0 Å². The SMILES string of the molecule is C=C(C=O)[C@H]1CC(=O)O[C@@H]1CO[Si](c1ccccc1)(c1ccccc1)C(C)(C)C. The molecule has 0 saturated carbocycles. The summed E-state index contributed by atoms with van der Waals surface area (Å²) in [5.41, 5.74) is 0.381. The Labute approximate surface area is 173 Å². The van der Waals surface area contributed by atoms with Crippen molar-refractivity contribution < 1.29 is 18.8 Å². The van der Waals surface area contributed by atoms with Gasteiger partial charge >= 0.3 is 5.97 Å². The molecule has 29 heavy (non-hydrogen) atoms. The number of ether oxygens (including phenoxy) is 1. The number of benzene rings is 2. The minimum Gasteiger partial charge on any atom is -0.459 e. The van der Waals surface area contributed by atoms with Crippen LogP contribution in [0.15, 0.2) is 72.8 Å². The van der Waals surface area contributed by atoms with Gasteiger partial charge in [0.15, 0.2) is 0 Å². The summed E-state index contributed by atoms with van der Waals surface area (Å²) in [4.78, 5) is 23.2. The van der Waals surface area contributed by atoms with E-state index in [2.05, 4.69) is 51.6 Å². The van der Waals surface area contributed by atoms with Crippen molar-refractivity contribution in [2.75, 3.05) is 6.61 Å². The number of aldehydes is 1. The first-order valence-electron chi connectivity index (χ1n) is 9.88. The lowest BCUT2D eigenvalue weighted by Crippen LogP contribution is -2.67. The van der Waals surface area contributed by atoms with Crippen molar-refractivity contribution in [3.05, 3.63) is 72.8 Å². The van der Waals surface area contributed by atoms with E-state index in [-0.39, 0.29) is 30.0 Å². The van der Waals surface area contributed by atoms with E-state index < -0.39 is 14.4 Å². The second-order valence-corrected chi connectivity index (χ2v) is 12.8. The molecule has 0 amide bonds. The van der Waals surface area contributed by atoms with Gasteiger partial charge in [0.05, 0.1) is 13.0 Å². The van der Waals surface area contributed by atoms with E-state index >= 15 is 0 Å². The molecular formula is C24H28O4Si. The zero-order valence-electron chi connectivity index (χ0n) is 17.3. The fourth-order valence-electron chi connectivity index (χ4n) is 4.19. The summed E-state index contributed by atoms with van der Waals surface area (Å²) in [6, 6.07) is 20.6. The monoisotopic (exact) mass is 408 g/mol. The van der Waals surface area contributed by atoms with Gasteiger partial charge in [0.1, 0.15) is 12.4 Å². The van der Waals surface area contributed by atoms with Gasteiger partial charge in [0.25, 0.3) is 8.32 Å². The number of rotatable bonds is 7. The van der Waals surface area contributed by atoms with Gasteiger partial charge in [-0.1, -0.05) is 88.0 Å². The number of cyclic esters (lactones) is 1. The van der Waals surface area contributed by atoms with Crippen molar-refractivity contribution in [1.29, 1.82) is 0 Å². The Morgan fingerprint density at radius 1 is 1.10 bits per heavy atom. The lowest BCUT2D eigenvalue weighted by atomic mass is 9.94. The van der Waals surface area contributed by atoms with Gasteiger partial charge in [-0.15, -0.1) is 0 Å². The highest BCUT2D eigenvalue weighted by atomic mass is 28.4. The molecule has 0 aromatic heterocycles. The molecule has 0 N–H and O–H groups in total. The van der Waals surface area contributed by atoms with Crippen molar-refractivity contribution in [3.63, 3.8) is 0 Å². The van der Waals surface area contributed by atoms with Gasteiger partial charge in [-0.3, -0.25) is 9.59 Å². The third-order valence-corrected chi connectivity index (χ3v) is 10.6. The second kappa shape index (κ2) is 8.47. The van der Waals surface area contributed by atoms with Gasteiger partial charge in [0, 0.05) is 5.92 Å². The summed E-state index contributed by atoms with van der Waals surface area (Å²) in [5.74, 6) is -0.646. The van der Waals surface area contributed by atoms with Crippen molar-refractivity contribution in [2.24, 2.45) is 5.92 Å². The molecule has 0 radical (unpaired) electrons. The molecule has 1 aliphatic rings. The molecule has 2 atom stereocenters. The summed E-state index contributed by atoms with van der Waals surface area (Å²) in [6.07, 6.45) is 0.385. The first-order valence-corrected chi connectivity index (χ1v) is 11.8. The van der Waals surface area contributed by atoms with Crippen molar-refractivity contribution in [2.45, 2.75) is 38.3 Å². The molecule has 4 nitrogen and oxygen atoms in total. The normalized spacial score (nSPS) is 19.6. The number of carbonyl (C=O) groups is 2. The van der Waals surface area contributed by atoms with Crippen LogP contribution < -0.4 is 10.4 Å². The Kier molecular flexibility index (Phi) is 6.20. The highest BCUT2D eigenvalue weighted by molar-refractivity contribution is 6.99. The standard InChI is InChI=1S/C24H28O4Si/c1-18(16-25)21-15-23(26)28-22(21)17-27-29(24(2,3)4,19-11-7-5-8-12-19)20-13-9-6-10-14-20/h5-14,16,21-22H,1,15,17H2,2-4H3/t21-,22-/m1/s1. The molecule has 1 fully saturated rings. The van der Waals surface area contributed by atoms with E-state index in [1.165, 1.54) is 0 Å². The first kappa shape index (κ1) is 21.2. The minimum atomic E-state index is -2.72. The maximum atomic E-state index is 11.9. The topological polar surface area (TPSA) is 52.6 Å². The fourth-order valence-corrected chi connectivity index (χ4v) is 8.76. The van der Waals surface area contributed by atoms with Gasteiger partial charge in [-0.2, -0.15) is 0 Å². The average Bonchev–Trinajstić information content (AvgIpc) is 3.09. The van der Waals surface area contributed by atoms with Crippen molar-refractivity contribution in [1.82, 2.24) is 0 Å². The first-order chi connectivity index (χ1) is 13.8. The Hall–Kier alpha value is -2.50. The fraction of sp³-hybridized carbons (Fsp3) is 0.333. The average molecular weight is 409 g/mol. The number of esters is 1. The molecule has 152 valence electrons. The molecule has 0 spiro atoms. The van der Waals surface area contributed by atoms with E-state index in [4.69, 9.17) is 9.16 Å². The lowest BCUT2D eigenvalue weighted by molar-refractivity contribution is -0.142. The molecule has 2 aromatic rings. The molecule has 3 rings (SSSR count). The van der Waals surface area contributed by atoms with E-state index in [0.717, 1.165) is 10.4 Å². The van der Waals surface area contributed by atoms with Crippen LogP contribution in [0.4, 0.5) is 0 Å². The molecule has 5 heteroatoms. The van der Waals surface area contributed by atoms with E-state index in [1.807, 2.05) is 36.4 Å². The maximum Gasteiger partial charge on any atom is 0.306 e. The lowest BCUT2D eigenvalue weighted by Gasteiger charge is -2.43. The Bertz CT molecular complexity index is 831. The van der Waals surface area contributed by atoms with Crippen LogP contribution in [0.5, 0.6) is 0 Å². The Morgan fingerprint density at radius 3 is 2.07 bits per heavy atom. The second-order valence-electron chi connectivity index (χ2n) is 8.51. The van der Waals surface area contributed by atoms with Crippen LogP contribution in [0, 0.1) is 5.92 Å². The van der Waals surface area contributed by atoms with Gasteiger partial charge in [-0.05, 0) is 21.0 Å². The predicted molar refractivity (Wildman–Crippen MR) is 117 cm³/mol. The molecule has 1 aliphatic heterocycles. The smallest absolute Gasteiger partial charge is 0.306 e.